The van der Waals surface area contributed by atoms with Crippen LogP contribution in [0.25, 0.3) is 12.2 Å². The molecule has 0 N–H and O–H groups in total. The van der Waals surface area contributed by atoms with Crippen molar-refractivity contribution in [2.24, 2.45) is 0 Å². The van der Waals surface area contributed by atoms with Gasteiger partial charge in [-0.3, -0.25) is 0 Å². The number of halogens is 6. The fraction of sp³-hybridized carbons (Fsp3) is 0.308. The normalized spacial score (nSPS) is 13.0. The van der Waals surface area contributed by atoms with Crippen molar-refractivity contribution in [3.8, 4) is 0 Å². The van der Waals surface area contributed by atoms with Crippen molar-refractivity contribution in [2.75, 3.05) is 0 Å². The van der Waals surface area contributed by atoms with E-state index in [0.717, 1.165) is 12.2 Å². The van der Waals surface area contributed by atoms with E-state index in [1.807, 2.05) is 19.1 Å². The highest BCUT2D eigenvalue weighted by Gasteiger charge is 2.33. The van der Waals surface area contributed by atoms with Gasteiger partial charge in [0.15, 0.2) is 17.5 Å². The fourth-order valence-corrected chi connectivity index (χ4v) is 2.06. The van der Waals surface area contributed by atoms with Crippen LogP contribution in [0.5, 0.6) is 0 Å². The van der Waals surface area contributed by atoms with E-state index in [2.05, 4.69) is 15.0 Å². The van der Waals surface area contributed by atoms with Gasteiger partial charge in [-0.25, -0.2) is 15.0 Å². The van der Waals surface area contributed by atoms with E-state index >= 15 is 0 Å². The Hall–Kier alpha value is -0.230. The van der Waals surface area contributed by atoms with Crippen LogP contribution in [-0.2, 0) is 14.0 Å². The fourth-order valence-electron chi connectivity index (χ4n) is 1.55. The lowest BCUT2D eigenvalue weighted by Gasteiger charge is -2.14. The number of hydrogen-bond acceptors (Lipinski definition) is 4. The SMILES string of the molecule is CCc1ccc(C=Cc2nc(C(Cl)(Cl)Cl)nc(C(Cl)(Cl)Cl)n2)o1. The standard InChI is InChI=1S/C13H9Cl6N3O/c1-2-7-3-4-8(23-7)5-6-9-20-10(12(14,15)16)22-11(21-9)13(17,18)19/h3-6H,2H2,1H3. The van der Waals surface area contributed by atoms with Crippen molar-refractivity contribution >= 4 is 81.8 Å². The van der Waals surface area contributed by atoms with E-state index in [-0.39, 0.29) is 17.5 Å². The molecule has 2 aromatic heterocycles. The summed E-state index contributed by atoms with van der Waals surface area (Å²) in [4.78, 5) is 12.0. The lowest BCUT2D eigenvalue weighted by atomic mass is 10.3. The molecule has 0 fully saturated rings. The van der Waals surface area contributed by atoms with E-state index in [0.29, 0.717) is 5.76 Å². The monoisotopic (exact) mass is 433 g/mol. The minimum atomic E-state index is -1.88. The number of rotatable bonds is 3. The van der Waals surface area contributed by atoms with Gasteiger partial charge in [-0.05, 0) is 24.3 Å². The largest absolute Gasteiger partial charge is 0.462 e. The summed E-state index contributed by atoms with van der Waals surface area (Å²) in [6.45, 7) is 1.98. The van der Waals surface area contributed by atoms with Crippen LogP contribution in [0.2, 0.25) is 0 Å². The molecular weight excluding hydrogens is 427 g/mol. The molecule has 0 aliphatic carbocycles. The molecule has 0 saturated heterocycles. The first-order chi connectivity index (χ1) is 10.6. The van der Waals surface area contributed by atoms with Gasteiger partial charge >= 0.3 is 0 Å². The number of aromatic nitrogens is 3. The molecule has 0 aliphatic heterocycles. The van der Waals surface area contributed by atoms with Crippen LogP contribution in [-0.4, -0.2) is 15.0 Å². The first-order valence-electron chi connectivity index (χ1n) is 6.27. The summed E-state index contributed by atoms with van der Waals surface area (Å²) in [5, 5.41) is 0. The molecule has 23 heavy (non-hydrogen) atoms. The maximum Gasteiger partial charge on any atom is 0.250 e. The number of aryl methyl sites for hydroxylation is 1. The summed E-state index contributed by atoms with van der Waals surface area (Å²) in [5.41, 5.74) is 0. The summed E-state index contributed by atoms with van der Waals surface area (Å²) in [5.74, 6) is 1.34. The first kappa shape index (κ1) is 19.1. The number of furan rings is 1. The Bertz CT molecular complexity index is 685. The zero-order chi connectivity index (χ0) is 17.3. The van der Waals surface area contributed by atoms with Gasteiger partial charge in [0.2, 0.25) is 7.59 Å². The van der Waals surface area contributed by atoms with Gasteiger partial charge < -0.3 is 4.42 Å². The highest BCUT2D eigenvalue weighted by atomic mass is 35.6. The van der Waals surface area contributed by atoms with Crippen LogP contribution in [0.3, 0.4) is 0 Å². The van der Waals surface area contributed by atoms with E-state index in [9.17, 15) is 0 Å². The Morgan fingerprint density at radius 3 is 1.91 bits per heavy atom. The Balaban J connectivity index is 2.40. The smallest absolute Gasteiger partial charge is 0.250 e. The molecule has 0 aliphatic rings. The minimum absolute atomic E-state index is 0.146. The summed E-state index contributed by atoms with van der Waals surface area (Å²) < 4.78 is 1.78. The zero-order valence-electron chi connectivity index (χ0n) is 11.5. The van der Waals surface area contributed by atoms with Crippen LogP contribution in [0, 0.1) is 0 Å². The van der Waals surface area contributed by atoms with E-state index in [1.54, 1.807) is 12.2 Å². The first-order valence-corrected chi connectivity index (χ1v) is 8.53. The second kappa shape index (κ2) is 7.34. The third kappa shape index (κ3) is 5.38. The van der Waals surface area contributed by atoms with Crippen LogP contribution in [0.4, 0.5) is 0 Å². The molecule has 0 atom stereocenters. The molecule has 0 saturated carbocycles. The van der Waals surface area contributed by atoms with Crippen molar-refractivity contribution in [1.82, 2.24) is 15.0 Å². The van der Waals surface area contributed by atoms with Gasteiger partial charge in [0.25, 0.3) is 0 Å². The molecule has 0 aromatic carbocycles. The molecule has 10 heteroatoms. The minimum Gasteiger partial charge on any atom is -0.462 e. The Labute approximate surface area is 162 Å². The summed E-state index contributed by atoms with van der Waals surface area (Å²) in [6, 6.07) is 3.68. The molecule has 0 bridgehead atoms. The lowest BCUT2D eigenvalue weighted by Crippen LogP contribution is -2.16. The summed E-state index contributed by atoms with van der Waals surface area (Å²) in [7, 11) is 0. The zero-order valence-corrected chi connectivity index (χ0v) is 16.1. The van der Waals surface area contributed by atoms with Crippen LogP contribution >= 0.6 is 69.6 Å². The van der Waals surface area contributed by atoms with E-state index in [4.69, 9.17) is 74.0 Å². The quantitative estimate of drug-likeness (QED) is 0.567. The molecule has 0 radical (unpaired) electrons. The number of alkyl halides is 6. The van der Waals surface area contributed by atoms with Crippen LogP contribution < -0.4 is 0 Å². The van der Waals surface area contributed by atoms with Crippen molar-refractivity contribution < 1.29 is 4.42 Å². The summed E-state index contributed by atoms with van der Waals surface area (Å²) in [6.07, 6.45) is 3.98. The Morgan fingerprint density at radius 1 is 0.913 bits per heavy atom. The molecule has 0 spiro atoms. The summed E-state index contributed by atoms with van der Waals surface area (Å²) >= 11 is 34.8. The third-order valence-electron chi connectivity index (χ3n) is 2.59. The Kier molecular flexibility index (Phi) is 6.10. The Morgan fingerprint density at radius 2 is 1.48 bits per heavy atom. The van der Waals surface area contributed by atoms with Crippen molar-refractivity contribution in [1.29, 1.82) is 0 Å². The average molecular weight is 436 g/mol. The number of hydrogen-bond donors (Lipinski definition) is 0. The van der Waals surface area contributed by atoms with Gasteiger partial charge in [-0.2, -0.15) is 0 Å². The number of nitrogens with zero attached hydrogens (tertiary/aromatic N) is 3. The predicted octanol–water partition coefficient (Wildman–Crippen LogP) is 5.85. The van der Waals surface area contributed by atoms with Crippen molar-refractivity contribution in [2.45, 2.75) is 20.9 Å². The van der Waals surface area contributed by atoms with Gasteiger partial charge in [-0.1, -0.05) is 76.5 Å². The molecule has 2 aromatic rings. The molecule has 0 amide bonds. The highest BCUT2D eigenvalue weighted by Crippen LogP contribution is 2.39. The second-order valence-corrected chi connectivity index (χ2v) is 8.89. The maximum absolute atomic E-state index is 5.80. The molecule has 2 heterocycles. The topological polar surface area (TPSA) is 51.8 Å². The average Bonchev–Trinajstić information content (AvgIpc) is 2.91. The predicted molar refractivity (Wildman–Crippen MR) is 95.3 cm³/mol. The van der Waals surface area contributed by atoms with Gasteiger partial charge in [0.05, 0.1) is 0 Å². The molecule has 4 nitrogen and oxygen atoms in total. The van der Waals surface area contributed by atoms with Gasteiger partial charge in [-0.15, -0.1) is 0 Å². The molecule has 124 valence electrons. The van der Waals surface area contributed by atoms with E-state index < -0.39 is 7.59 Å². The highest BCUT2D eigenvalue weighted by molar-refractivity contribution is 6.67. The maximum atomic E-state index is 5.80. The molecular formula is C13H9Cl6N3O. The third-order valence-corrected chi connectivity index (χ3v) is 3.60. The second-order valence-electron chi connectivity index (χ2n) is 4.33. The van der Waals surface area contributed by atoms with Gasteiger partial charge in [0.1, 0.15) is 11.5 Å². The van der Waals surface area contributed by atoms with Crippen molar-refractivity contribution in [3.63, 3.8) is 0 Å². The van der Waals surface area contributed by atoms with E-state index in [1.165, 1.54) is 0 Å². The molecule has 0 unspecified atom stereocenters. The van der Waals surface area contributed by atoms with Gasteiger partial charge in [0, 0.05) is 6.42 Å². The van der Waals surface area contributed by atoms with Crippen molar-refractivity contribution in [3.05, 3.63) is 41.1 Å². The lowest BCUT2D eigenvalue weighted by molar-refractivity contribution is 0.508. The molecule has 2 rings (SSSR count). The van der Waals surface area contributed by atoms with Crippen LogP contribution in [0.15, 0.2) is 16.5 Å². The van der Waals surface area contributed by atoms with Crippen LogP contribution in [0.1, 0.15) is 35.9 Å².